The molecule has 0 unspecified atom stereocenters. The summed E-state index contributed by atoms with van der Waals surface area (Å²) in [6.45, 7) is 3.51. The van der Waals surface area contributed by atoms with Crippen LogP contribution in [0.2, 0.25) is 0 Å². The van der Waals surface area contributed by atoms with Gasteiger partial charge in [-0.15, -0.1) is 11.3 Å². The van der Waals surface area contributed by atoms with Crippen LogP contribution in [0.25, 0.3) is 0 Å². The number of thiophene rings is 1. The van der Waals surface area contributed by atoms with E-state index >= 15 is 0 Å². The molecule has 4 rings (SSSR count). The van der Waals surface area contributed by atoms with Gasteiger partial charge in [-0.1, -0.05) is 49.7 Å². The summed E-state index contributed by atoms with van der Waals surface area (Å²) in [5, 5.41) is 5.09. The molecule has 0 bridgehead atoms. The van der Waals surface area contributed by atoms with E-state index in [-0.39, 0.29) is 23.8 Å². The van der Waals surface area contributed by atoms with E-state index in [1.165, 1.54) is 4.90 Å². The largest absolute Gasteiger partial charge is 0.367 e. The van der Waals surface area contributed by atoms with Crippen LogP contribution in [0.15, 0.2) is 47.8 Å². The molecule has 3 heterocycles. The Morgan fingerprint density at radius 1 is 1.18 bits per heavy atom. The number of hydrogen-bond donors (Lipinski definition) is 1. The van der Waals surface area contributed by atoms with Crippen molar-refractivity contribution in [2.75, 3.05) is 26.7 Å². The minimum atomic E-state index is -0.878. The summed E-state index contributed by atoms with van der Waals surface area (Å²) in [6, 6.07) is 13.2. The van der Waals surface area contributed by atoms with E-state index in [1.807, 2.05) is 59.7 Å². The van der Waals surface area contributed by atoms with Crippen LogP contribution < -0.4 is 5.32 Å². The first-order valence-electron chi connectivity index (χ1n) is 12.0. The predicted octanol–water partition coefficient (Wildman–Crippen LogP) is 4.01. The van der Waals surface area contributed by atoms with Gasteiger partial charge >= 0.3 is 6.03 Å². The molecule has 2 fully saturated rings. The molecule has 0 spiro atoms. The predicted molar refractivity (Wildman–Crippen MR) is 131 cm³/mol. The number of amides is 4. The molecule has 7 nitrogen and oxygen atoms in total. The molecule has 0 saturated carbocycles. The number of carbonyl (C=O) groups excluding carboxylic acids is 3. The first-order valence-corrected chi connectivity index (χ1v) is 12.9. The molecule has 0 aliphatic carbocycles. The van der Waals surface area contributed by atoms with E-state index in [4.69, 9.17) is 4.74 Å². The number of urea groups is 1. The molecule has 2 saturated heterocycles. The van der Waals surface area contributed by atoms with E-state index in [0.29, 0.717) is 45.3 Å². The molecular weight excluding hydrogens is 450 g/mol. The Labute approximate surface area is 205 Å². The molecule has 2 atom stereocenters. The zero-order valence-corrected chi connectivity index (χ0v) is 20.7. The maximum atomic E-state index is 13.6. The SMILES string of the molecule is CCC[C@]1(C2CCN(C(=O)[C@H](OC)c3ccccc3)CC2)NC(=O)N(CCc2cccs2)C1=O. The highest BCUT2D eigenvalue weighted by Crippen LogP contribution is 2.38. The van der Waals surface area contributed by atoms with Gasteiger partial charge in [-0.05, 0) is 48.6 Å². The summed E-state index contributed by atoms with van der Waals surface area (Å²) < 4.78 is 5.53. The Morgan fingerprint density at radius 3 is 2.53 bits per heavy atom. The highest BCUT2D eigenvalue weighted by molar-refractivity contribution is 7.09. The fourth-order valence-corrected chi connectivity index (χ4v) is 6.03. The van der Waals surface area contributed by atoms with Crippen LogP contribution in [0, 0.1) is 5.92 Å². The van der Waals surface area contributed by atoms with Crippen LogP contribution >= 0.6 is 11.3 Å². The zero-order valence-electron chi connectivity index (χ0n) is 19.9. The van der Waals surface area contributed by atoms with Crippen LogP contribution in [0.1, 0.15) is 49.2 Å². The Kier molecular flexibility index (Phi) is 7.68. The van der Waals surface area contributed by atoms with Crippen molar-refractivity contribution in [3.63, 3.8) is 0 Å². The number of nitrogens with one attached hydrogen (secondary N) is 1. The minimum absolute atomic E-state index is 0.00240. The third-order valence-corrected chi connectivity index (χ3v) is 8.01. The molecule has 1 aromatic heterocycles. The Bertz CT molecular complexity index is 989. The second-order valence-electron chi connectivity index (χ2n) is 9.06. The van der Waals surface area contributed by atoms with E-state index in [1.54, 1.807) is 18.4 Å². The van der Waals surface area contributed by atoms with Crippen LogP contribution in [0.3, 0.4) is 0 Å². The Morgan fingerprint density at radius 2 is 1.91 bits per heavy atom. The second-order valence-corrected chi connectivity index (χ2v) is 10.1. The van der Waals surface area contributed by atoms with Gasteiger partial charge in [-0.2, -0.15) is 0 Å². The second kappa shape index (κ2) is 10.7. The molecular formula is C26H33N3O4S. The van der Waals surface area contributed by atoms with Crippen molar-refractivity contribution in [2.24, 2.45) is 5.92 Å². The van der Waals surface area contributed by atoms with Crippen LogP contribution in [-0.2, 0) is 20.7 Å². The van der Waals surface area contributed by atoms with Gasteiger partial charge in [0.1, 0.15) is 5.54 Å². The van der Waals surface area contributed by atoms with Gasteiger partial charge in [0.15, 0.2) is 6.10 Å². The van der Waals surface area contributed by atoms with Crippen LogP contribution in [0.4, 0.5) is 4.79 Å². The maximum absolute atomic E-state index is 13.6. The van der Waals surface area contributed by atoms with Gasteiger partial charge in [-0.3, -0.25) is 14.5 Å². The fraction of sp³-hybridized carbons (Fsp3) is 0.500. The van der Waals surface area contributed by atoms with Gasteiger partial charge in [0.2, 0.25) is 0 Å². The number of nitrogens with zero attached hydrogens (tertiary/aromatic N) is 2. The lowest BCUT2D eigenvalue weighted by molar-refractivity contribution is -0.144. The summed E-state index contributed by atoms with van der Waals surface area (Å²) in [7, 11) is 1.55. The monoisotopic (exact) mass is 483 g/mol. The first kappa shape index (κ1) is 24.4. The zero-order chi connectivity index (χ0) is 24.1. The Hall–Kier alpha value is -2.71. The molecule has 8 heteroatoms. The average molecular weight is 484 g/mol. The lowest BCUT2D eigenvalue weighted by atomic mass is 9.74. The minimum Gasteiger partial charge on any atom is -0.367 e. The number of methoxy groups -OCH3 is 1. The quantitative estimate of drug-likeness (QED) is 0.547. The normalized spacial score (nSPS) is 22.2. The summed E-state index contributed by atoms with van der Waals surface area (Å²) in [5.74, 6) is -0.173. The van der Waals surface area contributed by atoms with Crippen molar-refractivity contribution >= 4 is 29.2 Å². The lowest BCUT2D eigenvalue weighted by Crippen LogP contribution is -2.56. The highest BCUT2D eigenvalue weighted by atomic mass is 32.1. The van der Waals surface area contributed by atoms with Crippen LogP contribution in [0.5, 0.6) is 0 Å². The van der Waals surface area contributed by atoms with Crippen molar-refractivity contribution in [1.29, 1.82) is 0 Å². The number of likely N-dealkylation sites (tertiary alicyclic amines) is 1. The number of piperidine rings is 1. The van der Waals surface area contributed by atoms with E-state index < -0.39 is 11.6 Å². The number of hydrogen-bond acceptors (Lipinski definition) is 5. The smallest absolute Gasteiger partial charge is 0.325 e. The molecule has 2 aliphatic rings. The number of carbonyl (C=O) groups is 3. The maximum Gasteiger partial charge on any atom is 0.325 e. The third-order valence-electron chi connectivity index (χ3n) is 7.07. The van der Waals surface area contributed by atoms with Gasteiger partial charge in [0.25, 0.3) is 11.8 Å². The molecule has 2 aliphatic heterocycles. The Balaban J connectivity index is 1.43. The molecule has 34 heavy (non-hydrogen) atoms. The molecule has 4 amide bonds. The average Bonchev–Trinajstić information content (AvgIpc) is 3.46. The molecule has 1 N–H and O–H groups in total. The molecule has 0 radical (unpaired) electrons. The third kappa shape index (κ3) is 4.74. The fourth-order valence-electron chi connectivity index (χ4n) is 5.34. The van der Waals surface area contributed by atoms with E-state index in [2.05, 4.69) is 5.32 Å². The summed E-state index contributed by atoms with van der Waals surface area (Å²) in [5.41, 5.74) is -0.0459. The summed E-state index contributed by atoms with van der Waals surface area (Å²) >= 11 is 1.63. The topological polar surface area (TPSA) is 79.0 Å². The molecule has 182 valence electrons. The van der Waals surface area contributed by atoms with Gasteiger partial charge in [0.05, 0.1) is 0 Å². The summed E-state index contributed by atoms with van der Waals surface area (Å²) in [4.78, 5) is 44.0. The summed E-state index contributed by atoms with van der Waals surface area (Å²) in [6.07, 6.45) is 2.77. The highest BCUT2D eigenvalue weighted by Gasteiger charge is 2.55. The lowest BCUT2D eigenvalue weighted by Gasteiger charge is -2.41. The van der Waals surface area contributed by atoms with Crippen molar-refractivity contribution < 1.29 is 19.1 Å². The standard InChI is InChI=1S/C26H33N3O4S/c1-3-14-26(24(31)29(25(32)27-26)17-13-21-10-7-18-34-21)20-11-15-28(16-12-20)23(30)22(33-2)19-8-5-4-6-9-19/h4-10,18,20,22H,3,11-17H2,1-2H3,(H,27,32)/t22-,26-/m1/s1. The number of imide groups is 1. The van der Waals surface area contributed by atoms with Crippen molar-refractivity contribution in [2.45, 2.75) is 50.7 Å². The van der Waals surface area contributed by atoms with Crippen molar-refractivity contribution in [3.8, 4) is 0 Å². The number of rotatable bonds is 9. The number of benzene rings is 1. The molecule has 1 aromatic carbocycles. The molecule has 2 aromatic rings. The van der Waals surface area contributed by atoms with Gasteiger partial charge in [0, 0.05) is 31.6 Å². The number of ether oxygens (including phenoxy) is 1. The van der Waals surface area contributed by atoms with Gasteiger partial charge < -0.3 is 15.0 Å². The van der Waals surface area contributed by atoms with E-state index in [9.17, 15) is 14.4 Å². The van der Waals surface area contributed by atoms with Crippen LogP contribution in [-0.4, -0.2) is 59.9 Å². The van der Waals surface area contributed by atoms with E-state index in [0.717, 1.165) is 16.9 Å². The van der Waals surface area contributed by atoms with Crippen molar-refractivity contribution in [3.05, 3.63) is 58.3 Å². The van der Waals surface area contributed by atoms with Crippen molar-refractivity contribution in [1.82, 2.24) is 15.1 Å². The first-order chi connectivity index (χ1) is 16.5. The van der Waals surface area contributed by atoms with Gasteiger partial charge in [-0.25, -0.2) is 4.79 Å².